The van der Waals surface area contributed by atoms with Crippen LogP contribution in [0, 0.1) is 74.5 Å². The first-order valence-corrected chi connectivity index (χ1v) is 19.5. The molecule has 0 saturated heterocycles. The van der Waals surface area contributed by atoms with Gasteiger partial charge < -0.3 is 9.84 Å². The molecule has 18 heteroatoms. The Morgan fingerprint density at radius 3 is 1.52 bits per heavy atom. The third kappa shape index (κ3) is 7.79. The summed E-state index contributed by atoms with van der Waals surface area (Å²) in [5.41, 5.74) is 1.19. The van der Waals surface area contributed by atoms with Gasteiger partial charge in [-0.25, -0.2) is 42.5 Å². The van der Waals surface area contributed by atoms with Gasteiger partial charge in [-0.05, 0) is 86.3 Å². The fraction of sp³-hybridized carbons (Fsp3) is 0.395. The molecule has 2 aliphatic heterocycles. The molecule has 6 saturated carbocycles. The highest BCUT2D eigenvalue weighted by Crippen LogP contribution is 2.75. The second kappa shape index (κ2) is 15.7. The first-order valence-electron chi connectivity index (χ1n) is 19.5. The van der Waals surface area contributed by atoms with E-state index in [0.717, 1.165) is 17.8 Å². The van der Waals surface area contributed by atoms with Crippen LogP contribution in [0.5, 0.6) is 5.88 Å². The van der Waals surface area contributed by atoms with E-state index in [-0.39, 0.29) is 34.9 Å². The van der Waals surface area contributed by atoms with Crippen LogP contribution in [0.25, 0.3) is 0 Å². The number of hydrogen-bond acceptors (Lipinski definition) is 12. The molecule has 4 aromatic rings. The van der Waals surface area contributed by atoms with Gasteiger partial charge in [0, 0.05) is 55.6 Å². The molecule has 2 atom stereocenters. The number of aliphatic hydroxyl groups excluding tert-OH is 1. The van der Waals surface area contributed by atoms with Crippen molar-refractivity contribution in [3.05, 3.63) is 113 Å². The number of benzene rings is 2. The first kappa shape index (κ1) is 41.1. The van der Waals surface area contributed by atoms with Gasteiger partial charge in [0.25, 0.3) is 0 Å². The highest BCUT2D eigenvalue weighted by molar-refractivity contribution is 5.89. The molecule has 1 N–H and O–H groups in total. The van der Waals surface area contributed by atoms with Crippen LogP contribution in [0.15, 0.2) is 71.4 Å². The number of nitriles is 2. The quantitative estimate of drug-likeness (QED) is 0.201. The monoisotopic (exact) mass is 834 g/mol. The Morgan fingerprint density at radius 2 is 1.13 bits per heavy atom. The fourth-order valence-corrected chi connectivity index (χ4v) is 9.69. The molecule has 12 rings (SSSR count). The summed E-state index contributed by atoms with van der Waals surface area (Å²) in [5, 5.41) is 37.4. The van der Waals surface area contributed by atoms with E-state index >= 15 is 0 Å². The number of rotatable bonds is 8. The van der Waals surface area contributed by atoms with Crippen molar-refractivity contribution in [2.45, 2.75) is 70.4 Å². The van der Waals surface area contributed by atoms with Gasteiger partial charge in [0.15, 0.2) is 11.4 Å². The summed E-state index contributed by atoms with van der Waals surface area (Å²) in [7, 11) is 0. The minimum Gasteiger partial charge on any atom is -0.476 e. The molecular formula is C43H38F4N10O4. The molecule has 6 aliphatic carbocycles. The number of halogens is 4. The Labute approximate surface area is 347 Å². The predicted molar refractivity (Wildman–Crippen MR) is 206 cm³/mol. The third-order valence-corrected chi connectivity index (χ3v) is 12.3. The zero-order chi connectivity index (χ0) is 43.2. The Hall–Kier alpha value is -6.66. The van der Waals surface area contributed by atoms with E-state index in [1.807, 2.05) is 19.1 Å². The highest BCUT2D eigenvalue weighted by Gasteiger charge is 2.73. The van der Waals surface area contributed by atoms with Crippen LogP contribution in [-0.2, 0) is 9.59 Å². The van der Waals surface area contributed by atoms with Crippen LogP contribution in [-0.4, -0.2) is 72.5 Å². The van der Waals surface area contributed by atoms with Gasteiger partial charge in [-0.3, -0.25) is 14.6 Å². The zero-order valence-electron chi connectivity index (χ0n) is 32.8. The number of aliphatic hydroxyl groups is 1. The molecule has 4 bridgehead atoms. The minimum atomic E-state index is -0.670. The first-order chi connectivity index (χ1) is 29.2. The summed E-state index contributed by atoms with van der Waals surface area (Å²) in [6, 6.07) is 9.47. The molecule has 14 nitrogen and oxygen atoms in total. The maximum Gasteiger partial charge on any atom is 0.249 e. The number of hydrazone groups is 2. The van der Waals surface area contributed by atoms with Gasteiger partial charge in [-0.1, -0.05) is 0 Å². The number of aryl methyl sites for hydroxylation is 1. The van der Waals surface area contributed by atoms with Gasteiger partial charge in [0.05, 0.1) is 53.8 Å². The van der Waals surface area contributed by atoms with Gasteiger partial charge >= 0.3 is 0 Å². The predicted octanol–water partition coefficient (Wildman–Crippen LogP) is 6.18. The SMILES string of the molecule is Cc1cnc(C#N)cn1.N#Cc1cnc(OCC23CC(C(=O)N4N=CCC4c4cc(F)cc(F)c4)(C2)C3)cn1.O=C(N1N=CCC1c1cc(F)cc(F)c1)C12CC(CO)(C1)C2. The molecule has 2 amide bonds. The smallest absolute Gasteiger partial charge is 0.249 e. The molecule has 2 unspecified atom stereocenters. The van der Waals surface area contributed by atoms with Crippen LogP contribution in [0.1, 0.15) is 91.7 Å². The summed E-state index contributed by atoms with van der Waals surface area (Å²) >= 11 is 0. The van der Waals surface area contributed by atoms with E-state index < -0.39 is 46.2 Å². The summed E-state index contributed by atoms with van der Waals surface area (Å²) < 4.78 is 59.8. The summed E-state index contributed by atoms with van der Waals surface area (Å²) in [6.45, 7) is 2.36. The molecule has 0 spiro atoms. The van der Waals surface area contributed by atoms with Crippen molar-refractivity contribution >= 4 is 24.2 Å². The lowest BCUT2D eigenvalue weighted by Gasteiger charge is -2.69. The molecule has 4 heterocycles. The van der Waals surface area contributed by atoms with E-state index in [0.29, 0.717) is 80.7 Å². The lowest BCUT2D eigenvalue weighted by atomic mass is 9.35. The average Bonchev–Trinajstić information content (AvgIpc) is 3.88. The maximum absolute atomic E-state index is 13.6. The van der Waals surface area contributed by atoms with Crippen molar-refractivity contribution < 1.29 is 37.0 Å². The van der Waals surface area contributed by atoms with Gasteiger partial charge in [0.2, 0.25) is 17.7 Å². The molecule has 312 valence electrons. The largest absolute Gasteiger partial charge is 0.476 e. The Morgan fingerprint density at radius 1 is 0.689 bits per heavy atom. The number of hydrogen-bond donors (Lipinski definition) is 1. The van der Waals surface area contributed by atoms with E-state index in [2.05, 4.69) is 30.1 Å². The Kier molecular flexibility index (Phi) is 10.6. The minimum absolute atomic E-state index is 0.0699. The Balaban J connectivity index is 0.000000144. The number of aromatic nitrogens is 4. The topological polar surface area (TPSA) is 194 Å². The Bertz CT molecular complexity index is 2440. The third-order valence-electron chi connectivity index (χ3n) is 12.3. The van der Waals surface area contributed by atoms with Gasteiger partial charge in [0.1, 0.15) is 35.4 Å². The molecule has 2 aromatic carbocycles. The second-order valence-corrected chi connectivity index (χ2v) is 16.9. The normalized spacial score (nSPS) is 27.9. The second-order valence-electron chi connectivity index (χ2n) is 16.9. The maximum atomic E-state index is 13.6. The molecule has 61 heavy (non-hydrogen) atoms. The number of amides is 2. The van der Waals surface area contributed by atoms with Crippen molar-refractivity contribution in [2.24, 2.45) is 31.9 Å². The van der Waals surface area contributed by atoms with E-state index in [9.17, 15) is 32.3 Å². The number of carbonyl (C=O) groups excluding carboxylic acids is 2. The van der Waals surface area contributed by atoms with Crippen LogP contribution >= 0.6 is 0 Å². The fourth-order valence-electron chi connectivity index (χ4n) is 9.69. The number of ether oxygens (including phenoxy) is 1. The average molecular weight is 835 g/mol. The van der Waals surface area contributed by atoms with Crippen LogP contribution in [0.4, 0.5) is 17.6 Å². The van der Waals surface area contributed by atoms with Crippen molar-refractivity contribution in [2.75, 3.05) is 13.2 Å². The van der Waals surface area contributed by atoms with E-state index in [1.165, 1.54) is 52.9 Å². The molecule has 6 fully saturated rings. The molecule has 0 radical (unpaired) electrons. The van der Waals surface area contributed by atoms with Crippen LogP contribution in [0.3, 0.4) is 0 Å². The van der Waals surface area contributed by atoms with Gasteiger partial charge in [-0.15, -0.1) is 0 Å². The standard InChI is InChI=1S/C21H17F2N5O2.C16H16F2N2O2.C6H5N3/c22-14-3-13(4-15(23)5-14)17-1-2-27-28(17)19(29)21-9-20(10-21,11-21)12-30-18-8-25-16(6-24)7-26-18;17-11-3-10(4-12(18)5-11)13-1-2-19-20(13)14(22)16-6-15(7-16,8-16)9-21;1-5-3-9-6(2-7)4-8-5/h2-5,7-8,17H,1,9-12H2;2-5,13,21H,1,6-9H2;3-4H,1H3. The van der Waals surface area contributed by atoms with Crippen molar-refractivity contribution in [1.29, 1.82) is 10.5 Å². The molecule has 8 aliphatic rings. The van der Waals surface area contributed by atoms with Crippen LogP contribution < -0.4 is 4.74 Å². The van der Waals surface area contributed by atoms with Crippen molar-refractivity contribution in [3.63, 3.8) is 0 Å². The molecular weight excluding hydrogens is 797 g/mol. The lowest BCUT2D eigenvalue weighted by molar-refractivity contribution is -0.229. The summed E-state index contributed by atoms with van der Waals surface area (Å²) in [5.74, 6) is -2.50. The summed E-state index contributed by atoms with van der Waals surface area (Å²) in [6.07, 6.45) is 14.0. The number of nitrogens with zero attached hydrogens (tertiary/aromatic N) is 10. The van der Waals surface area contributed by atoms with Gasteiger partial charge in [-0.2, -0.15) is 20.7 Å². The van der Waals surface area contributed by atoms with E-state index in [1.54, 1.807) is 18.6 Å². The van der Waals surface area contributed by atoms with E-state index in [4.69, 9.17) is 15.3 Å². The summed E-state index contributed by atoms with van der Waals surface area (Å²) in [4.78, 5) is 41.5. The number of carbonyl (C=O) groups is 2. The zero-order valence-corrected chi connectivity index (χ0v) is 32.8. The highest BCUT2D eigenvalue weighted by atomic mass is 19.1. The van der Waals surface area contributed by atoms with Crippen LogP contribution in [0.2, 0.25) is 0 Å². The molecule has 2 aromatic heterocycles. The van der Waals surface area contributed by atoms with Crippen molar-refractivity contribution in [1.82, 2.24) is 30.0 Å². The van der Waals surface area contributed by atoms with Crippen molar-refractivity contribution in [3.8, 4) is 18.0 Å². The lowest BCUT2D eigenvalue weighted by Crippen LogP contribution is -2.69.